The third-order valence-corrected chi connectivity index (χ3v) is 5.17. The summed E-state index contributed by atoms with van der Waals surface area (Å²) in [6.45, 7) is 2.37. The molecule has 1 atom stereocenters. The lowest BCUT2D eigenvalue weighted by Crippen LogP contribution is -2.56. The predicted octanol–water partition coefficient (Wildman–Crippen LogP) is 5.06. The Hall–Kier alpha value is -2.85. The number of alkyl halides is 3. The first-order chi connectivity index (χ1) is 15.3. The van der Waals surface area contributed by atoms with E-state index in [-0.39, 0.29) is 11.4 Å². The predicted molar refractivity (Wildman–Crippen MR) is 121 cm³/mol. The summed E-state index contributed by atoms with van der Waals surface area (Å²) in [5.41, 5.74) is -1.11. The van der Waals surface area contributed by atoms with Gasteiger partial charge in [0.2, 0.25) is 0 Å². The van der Waals surface area contributed by atoms with Crippen LogP contribution in [0, 0.1) is 5.82 Å². The Morgan fingerprint density at radius 2 is 1.76 bits per heavy atom. The van der Waals surface area contributed by atoms with Crippen LogP contribution in [0.2, 0.25) is 5.02 Å². The lowest BCUT2D eigenvalue weighted by molar-refractivity contribution is -0.158. The van der Waals surface area contributed by atoms with Gasteiger partial charge in [0.15, 0.2) is 0 Å². The van der Waals surface area contributed by atoms with E-state index in [1.165, 1.54) is 26.0 Å². The van der Waals surface area contributed by atoms with Gasteiger partial charge in [0.25, 0.3) is 11.5 Å². The number of aromatic nitrogens is 2. The highest BCUT2D eigenvalue weighted by molar-refractivity contribution is 7.81. The van der Waals surface area contributed by atoms with Crippen molar-refractivity contribution < 1.29 is 22.4 Å². The molecule has 0 spiro atoms. The summed E-state index contributed by atoms with van der Waals surface area (Å²) in [5.74, 6) is -1.94. The number of nitrogens with zero attached hydrogens (tertiary/aromatic N) is 2. The molecule has 2 aromatic carbocycles. The standard InChI is InChI=1S/C22H18ClF4N3O2S/c1-21(2,33)20(22(25,26)27)28-18(31)16-11-17(12-6-8-13(23)9-7-12)29-30(19(16)32)15-5-3-4-14(24)10-15/h3-11,20,33H,1-2H3,(H,28,31). The summed E-state index contributed by atoms with van der Waals surface area (Å²) in [4.78, 5) is 25.9. The summed E-state index contributed by atoms with van der Waals surface area (Å²) in [6, 6.07) is 9.79. The average molecular weight is 500 g/mol. The van der Waals surface area contributed by atoms with E-state index in [0.717, 1.165) is 22.9 Å². The third kappa shape index (κ3) is 5.75. The smallest absolute Gasteiger partial charge is 0.339 e. The van der Waals surface area contributed by atoms with Crippen LogP contribution in [-0.2, 0) is 0 Å². The maximum absolute atomic E-state index is 13.8. The molecule has 0 aliphatic heterocycles. The molecule has 3 rings (SSSR count). The Bertz CT molecular complexity index is 1220. The van der Waals surface area contributed by atoms with Crippen LogP contribution in [0.4, 0.5) is 17.6 Å². The molecule has 11 heteroatoms. The van der Waals surface area contributed by atoms with Crippen molar-refractivity contribution in [2.45, 2.75) is 30.8 Å². The minimum atomic E-state index is -4.82. The van der Waals surface area contributed by atoms with E-state index in [0.29, 0.717) is 10.6 Å². The van der Waals surface area contributed by atoms with Crippen molar-refractivity contribution in [3.63, 3.8) is 0 Å². The lowest BCUT2D eigenvalue weighted by Gasteiger charge is -2.32. The zero-order valence-electron chi connectivity index (χ0n) is 17.3. The zero-order chi connectivity index (χ0) is 24.6. The summed E-state index contributed by atoms with van der Waals surface area (Å²) >= 11 is 9.85. The molecule has 1 heterocycles. The minimum absolute atomic E-state index is 0.00763. The number of halogens is 5. The van der Waals surface area contributed by atoms with Crippen LogP contribution in [-0.4, -0.2) is 32.7 Å². The van der Waals surface area contributed by atoms with E-state index in [9.17, 15) is 27.2 Å². The Balaban J connectivity index is 2.18. The molecule has 0 saturated heterocycles. The van der Waals surface area contributed by atoms with Crippen LogP contribution in [0.1, 0.15) is 24.2 Å². The number of rotatable bonds is 5. The van der Waals surface area contributed by atoms with E-state index in [1.54, 1.807) is 24.3 Å². The maximum Gasteiger partial charge on any atom is 0.409 e. The van der Waals surface area contributed by atoms with Crippen molar-refractivity contribution in [3.8, 4) is 16.9 Å². The molecule has 174 valence electrons. The van der Waals surface area contributed by atoms with E-state index in [2.05, 4.69) is 17.7 Å². The van der Waals surface area contributed by atoms with Gasteiger partial charge in [-0.15, -0.1) is 0 Å². The van der Waals surface area contributed by atoms with Crippen LogP contribution in [0.25, 0.3) is 16.9 Å². The molecular weight excluding hydrogens is 482 g/mol. The molecule has 33 heavy (non-hydrogen) atoms. The molecule has 1 unspecified atom stereocenters. The summed E-state index contributed by atoms with van der Waals surface area (Å²) in [6.07, 6.45) is -4.82. The number of benzene rings is 2. The van der Waals surface area contributed by atoms with Gasteiger partial charge in [0.05, 0.1) is 11.4 Å². The highest BCUT2D eigenvalue weighted by Crippen LogP contribution is 2.32. The van der Waals surface area contributed by atoms with Gasteiger partial charge in [-0.1, -0.05) is 29.8 Å². The summed E-state index contributed by atoms with van der Waals surface area (Å²) < 4.78 is 53.5. The molecule has 0 aliphatic rings. The fourth-order valence-corrected chi connectivity index (χ4v) is 3.41. The van der Waals surface area contributed by atoms with Crippen molar-refractivity contribution in [3.05, 3.63) is 81.4 Å². The quantitative estimate of drug-likeness (QED) is 0.381. The van der Waals surface area contributed by atoms with E-state index in [4.69, 9.17) is 11.6 Å². The molecule has 0 saturated carbocycles. The Morgan fingerprint density at radius 1 is 1.12 bits per heavy atom. The average Bonchev–Trinajstić information content (AvgIpc) is 2.71. The monoisotopic (exact) mass is 499 g/mol. The molecule has 3 aromatic rings. The molecule has 0 bridgehead atoms. The number of amides is 1. The largest absolute Gasteiger partial charge is 0.409 e. The first-order valence-corrected chi connectivity index (χ1v) is 10.4. The second kappa shape index (κ2) is 9.18. The fourth-order valence-electron chi connectivity index (χ4n) is 3.07. The number of carbonyl (C=O) groups excluding carboxylic acids is 1. The van der Waals surface area contributed by atoms with E-state index in [1.807, 2.05) is 5.32 Å². The fraction of sp³-hybridized carbons (Fsp3) is 0.227. The van der Waals surface area contributed by atoms with Crippen LogP contribution in [0.5, 0.6) is 0 Å². The molecule has 1 N–H and O–H groups in total. The Kier molecular flexibility index (Phi) is 6.90. The number of carbonyl (C=O) groups is 1. The number of hydrogen-bond donors (Lipinski definition) is 2. The number of nitrogens with one attached hydrogen (secondary N) is 1. The highest BCUT2D eigenvalue weighted by atomic mass is 35.5. The summed E-state index contributed by atoms with van der Waals surface area (Å²) in [7, 11) is 0. The SMILES string of the molecule is CC(C)(S)C(NC(=O)c1cc(-c2ccc(Cl)cc2)nn(-c2cccc(F)c2)c1=O)C(F)(F)F. The van der Waals surface area contributed by atoms with Crippen LogP contribution in [0.3, 0.4) is 0 Å². The van der Waals surface area contributed by atoms with Gasteiger partial charge in [0.1, 0.15) is 17.4 Å². The zero-order valence-corrected chi connectivity index (χ0v) is 19.0. The second-order valence-electron chi connectivity index (χ2n) is 7.75. The van der Waals surface area contributed by atoms with Gasteiger partial charge in [-0.25, -0.2) is 4.39 Å². The molecule has 0 aliphatic carbocycles. The van der Waals surface area contributed by atoms with Crippen molar-refractivity contribution >= 4 is 30.1 Å². The van der Waals surface area contributed by atoms with E-state index < -0.39 is 39.8 Å². The van der Waals surface area contributed by atoms with Crippen molar-refractivity contribution in [2.75, 3.05) is 0 Å². The molecule has 5 nitrogen and oxygen atoms in total. The first kappa shape index (κ1) is 24.8. The molecule has 0 radical (unpaired) electrons. The Morgan fingerprint density at radius 3 is 2.30 bits per heavy atom. The van der Waals surface area contributed by atoms with Gasteiger partial charge < -0.3 is 5.32 Å². The molecular formula is C22H18ClF4N3O2S. The van der Waals surface area contributed by atoms with Gasteiger partial charge >= 0.3 is 6.18 Å². The van der Waals surface area contributed by atoms with Gasteiger partial charge in [-0.2, -0.15) is 35.6 Å². The minimum Gasteiger partial charge on any atom is -0.339 e. The van der Waals surface area contributed by atoms with Crippen molar-refractivity contribution in [1.29, 1.82) is 0 Å². The second-order valence-corrected chi connectivity index (χ2v) is 9.34. The summed E-state index contributed by atoms with van der Waals surface area (Å²) in [5, 5.41) is 6.45. The highest BCUT2D eigenvalue weighted by Gasteiger charge is 2.48. The molecule has 0 fully saturated rings. The van der Waals surface area contributed by atoms with Crippen LogP contribution < -0.4 is 10.9 Å². The van der Waals surface area contributed by atoms with Gasteiger partial charge in [0, 0.05) is 15.3 Å². The number of thiol groups is 1. The lowest BCUT2D eigenvalue weighted by atomic mass is 10.0. The van der Waals surface area contributed by atoms with Crippen LogP contribution >= 0.6 is 24.2 Å². The van der Waals surface area contributed by atoms with Crippen LogP contribution in [0.15, 0.2) is 59.4 Å². The molecule has 1 aromatic heterocycles. The van der Waals surface area contributed by atoms with Gasteiger partial charge in [-0.05, 0) is 50.2 Å². The first-order valence-electron chi connectivity index (χ1n) is 9.53. The Labute approximate surface area is 196 Å². The van der Waals surface area contributed by atoms with E-state index >= 15 is 0 Å². The van der Waals surface area contributed by atoms with Gasteiger partial charge in [-0.3, -0.25) is 9.59 Å². The molecule has 1 amide bonds. The van der Waals surface area contributed by atoms with Crippen molar-refractivity contribution in [2.24, 2.45) is 0 Å². The maximum atomic E-state index is 13.8. The topological polar surface area (TPSA) is 64.0 Å². The van der Waals surface area contributed by atoms with Crippen molar-refractivity contribution in [1.82, 2.24) is 15.1 Å². The number of hydrogen-bond acceptors (Lipinski definition) is 4. The normalized spacial score (nSPS) is 13.0. The third-order valence-electron chi connectivity index (χ3n) is 4.66.